The molecule has 82 valence electrons. The molecule has 1 aliphatic carbocycles. The molecule has 1 saturated carbocycles. The fourth-order valence-electron chi connectivity index (χ4n) is 1.66. The predicted octanol–water partition coefficient (Wildman–Crippen LogP) is 4.69. The van der Waals surface area contributed by atoms with E-state index in [0.29, 0.717) is 4.83 Å². The Morgan fingerprint density at radius 1 is 1.47 bits per heavy atom. The molecule has 0 saturated heterocycles. The Hall–Kier alpha value is -0.0200. The summed E-state index contributed by atoms with van der Waals surface area (Å²) in [6.07, 6.45) is 2.65. The number of hydrogen-bond donors (Lipinski definition) is 0. The summed E-state index contributed by atoms with van der Waals surface area (Å²) in [7, 11) is 0. The van der Waals surface area contributed by atoms with Crippen LogP contribution in [0, 0.1) is 5.92 Å². The van der Waals surface area contributed by atoms with Crippen LogP contribution < -0.4 is 4.74 Å². The molecule has 0 heterocycles. The summed E-state index contributed by atoms with van der Waals surface area (Å²) in [6.45, 7) is 2.74. The molecule has 1 atom stereocenters. The molecule has 0 bridgehead atoms. The van der Waals surface area contributed by atoms with E-state index in [1.54, 1.807) is 0 Å². The van der Waals surface area contributed by atoms with Crippen molar-refractivity contribution in [1.82, 2.24) is 0 Å². The van der Waals surface area contributed by atoms with Crippen LogP contribution in [-0.2, 0) is 0 Å². The first-order chi connectivity index (χ1) is 7.22. The molecule has 2 rings (SSSR count). The molecule has 15 heavy (non-hydrogen) atoms. The van der Waals surface area contributed by atoms with Gasteiger partial charge in [0.05, 0.1) is 6.61 Å². The Morgan fingerprint density at radius 2 is 2.20 bits per heavy atom. The summed E-state index contributed by atoms with van der Waals surface area (Å²) >= 11 is 7.28. The largest absolute Gasteiger partial charge is 0.494 e. The molecule has 0 radical (unpaired) electrons. The van der Waals surface area contributed by atoms with E-state index < -0.39 is 0 Å². The van der Waals surface area contributed by atoms with Crippen LogP contribution in [0.5, 0.6) is 5.75 Å². The van der Waals surface area contributed by atoms with E-state index in [2.05, 4.69) is 37.9 Å². The second-order valence-electron chi connectivity index (χ2n) is 3.85. The number of halogens is 2. The minimum absolute atomic E-state index is 0.441. The lowest BCUT2D eigenvalue weighted by molar-refractivity contribution is 0.336. The number of benzene rings is 1. The third-order valence-corrected chi connectivity index (χ3v) is 4.34. The van der Waals surface area contributed by atoms with E-state index in [1.165, 1.54) is 18.4 Å². The van der Waals surface area contributed by atoms with Crippen molar-refractivity contribution in [3.05, 3.63) is 28.2 Å². The fourth-order valence-corrected chi connectivity index (χ4v) is 2.93. The van der Waals surface area contributed by atoms with Crippen LogP contribution in [0.4, 0.5) is 0 Å². The molecule has 0 aromatic heterocycles. The Kier molecular flexibility index (Phi) is 3.73. The standard InChI is InChI=1S/C12H14Br2O/c1-2-15-11-6-5-9(13)7-10(11)12(14)8-3-4-8/h5-8,12H,2-4H2,1H3. The van der Waals surface area contributed by atoms with Gasteiger partial charge in [-0.3, -0.25) is 0 Å². The Morgan fingerprint density at radius 3 is 2.80 bits per heavy atom. The van der Waals surface area contributed by atoms with Gasteiger partial charge in [0.15, 0.2) is 0 Å². The first-order valence-corrected chi connectivity index (χ1v) is 6.99. The van der Waals surface area contributed by atoms with Crippen LogP contribution in [0.25, 0.3) is 0 Å². The van der Waals surface area contributed by atoms with E-state index in [0.717, 1.165) is 22.7 Å². The first kappa shape index (κ1) is 11.5. The molecule has 0 aliphatic heterocycles. The van der Waals surface area contributed by atoms with Crippen molar-refractivity contribution < 1.29 is 4.74 Å². The summed E-state index contributed by atoms with van der Waals surface area (Å²) < 4.78 is 6.76. The van der Waals surface area contributed by atoms with E-state index in [9.17, 15) is 0 Å². The lowest BCUT2D eigenvalue weighted by atomic mass is 10.1. The van der Waals surface area contributed by atoms with Gasteiger partial charge in [0.25, 0.3) is 0 Å². The lowest BCUT2D eigenvalue weighted by Gasteiger charge is -2.15. The van der Waals surface area contributed by atoms with Crippen LogP contribution in [0.2, 0.25) is 0 Å². The van der Waals surface area contributed by atoms with Gasteiger partial charge in [0.2, 0.25) is 0 Å². The van der Waals surface area contributed by atoms with Crippen molar-refractivity contribution in [1.29, 1.82) is 0 Å². The second-order valence-corrected chi connectivity index (χ2v) is 5.76. The van der Waals surface area contributed by atoms with Gasteiger partial charge >= 0.3 is 0 Å². The zero-order chi connectivity index (χ0) is 10.8. The third kappa shape index (κ3) is 2.76. The molecular weight excluding hydrogens is 320 g/mol. The molecule has 1 aromatic carbocycles. The van der Waals surface area contributed by atoms with E-state index in [4.69, 9.17) is 4.74 Å². The molecule has 0 spiro atoms. The van der Waals surface area contributed by atoms with Crippen LogP contribution >= 0.6 is 31.9 Å². The van der Waals surface area contributed by atoms with Gasteiger partial charge in [-0.15, -0.1) is 0 Å². The van der Waals surface area contributed by atoms with Crippen molar-refractivity contribution in [2.24, 2.45) is 5.92 Å². The van der Waals surface area contributed by atoms with Gasteiger partial charge in [0, 0.05) is 14.9 Å². The van der Waals surface area contributed by atoms with Crippen LogP contribution in [0.15, 0.2) is 22.7 Å². The van der Waals surface area contributed by atoms with E-state index >= 15 is 0 Å². The minimum atomic E-state index is 0.441. The van der Waals surface area contributed by atoms with Gasteiger partial charge in [-0.05, 0) is 43.9 Å². The van der Waals surface area contributed by atoms with E-state index in [-0.39, 0.29) is 0 Å². The maximum atomic E-state index is 5.64. The van der Waals surface area contributed by atoms with E-state index in [1.807, 2.05) is 19.1 Å². The predicted molar refractivity (Wildman–Crippen MR) is 69.7 cm³/mol. The second kappa shape index (κ2) is 4.88. The summed E-state index contributed by atoms with van der Waals surface area (Å²) in [5, 5.41) is 0. The molecule has 1 fully saturated rings. The molecule has 3 heteroatoms. The molecular formula is C12H14Br2O. The SMILES string of the molecule is CCOc1ccc(Br)cc1C(Br)C1CC1. The minimum Gasteiger partial charge on any atom is -0.494 e. The number of rotatable bonds is 4. The lowest BCUT2D eigenvalue weighted by Crippen LogP contribution is -2.00. The molecule has 0 amide bonds. The molecule has 1 unspecified atom stereocenters. The normalized spacial score (nSPS) is 17.5. The smallest absolute Gasteiger partial charge is 0.123 e. The summed E-state index contributed by atoms with van der Waals surface area (Å²) in [6, 6.07) is 6.23. The van der Waals surface area contributed by atoms with Crippen LogP contribution in [0.3, 0.4) is 0 Å². The third-order valence-electron chi connectivity index (χ3n) is 2.60. The highest BCUT2D eigenvalue weighted by Crippen LogP contribution is 2.49. The fraction of sp³-hybridized carbons (Fsp3) is 0.500. The average Bonchev–Trinajstić information content (AvgIpc) is 3.03. The summed E-state index contributed by atoms with van der Waals surface area (Å²) in [5.74, 6) is 1.80. The number of ether oxygens (including phenoxy) is 1. The average molecular weight is 334 g/mol. The van der Waals surface area contributed by atoms with Gasteiger partial charge in [-0.2, -0.15) is 0 Å². The van der Waals surface area contributed by atoms with Crippen molar-refractivity contribution in [2.45, 2.75) is 24.6 Å². The monoisotopic (exact) mass is 332 g/mol. The number of alkyl halides is 1. The summed E-state index contributed by atoms with van der Waals surface area (Å²) in [4.78, 5) is 0.441. The molecule has 1 nitrogen and oxygen atoms in total. The zero-order valence-electron chi connectivity index (χ0n) is 8.67. The maximum Gasteiger partial charge on any atom is 0.123 e. The topological polar surface area (TPSA) is 9.23 Å². The maximum absolute atomic E-state index is 5.64. The van der Waals surface area contributed by atoms with Gasteiger partial charge in [0.1, 0.15) is 5.75 Å². The highest BCUT2D eigenvalue weighted by atomic mass is 79.9. The Labute approximate surface area is 107 Å². The van der Waals surface area contributed by atoms with Gasteiger partial charge < -0.3 is 4.74 Å². The van der Waals surface area contributed by atoms with Gasteiger partial charge in [-0.1, -0.05) is 31.9 Å². The highest BCUT2D eigenvalue weighted by molar-refractivity contribution is 9.10. The Bertz CT molecular complexity index is 347. The number of hydrogen-bond acceptors (Lipinski definition) is 1. The van der Waals surface area contributed by atoms with Crippen LogP contribution in [0.1, 0.15) is 30.2 Å². The summed E-state index contributed by atoms with van der Waals surface area (Å²) in [5.41, 5.74) is 1.27. The van der Waals surface area contributed by atoms with Gasteiger partial charge in [-0.25, -0.2) is 0 Å². The first-order valence-electron chi connectivity index (χ1n) is 5.28. The molecule has 1 aromatic rings. The van der Waals surface area contributed by atoms with Crippen molar-refractivity contribution in [3.63, 3.8) is 0 Å². The highest BCUT2D eigenvalue weighted by Gasteiger charge is 2.32. The van der Waals surface area contributed by atoms with Crippen LogP contribution in [-0.4, -0.2) is 6.61 Å². The zero-order valence-corrected chi connectivity index (χ0v) is 11.8. The Balaban J connectivity index is 2.28. The quantitative estimate of drug-likeness (QED) is 0.726. The van der Waals surface area contributed by atoms with Crippen molar-refractivity contribution in [2.75, 3.05) is 6.61 Å². The van der Waals surface area contributed by atoms with Crippen molar-refractivity contribution >= 4 is 31.9 Å². The van der Waals surface area contributed by atoms with Crippen molar-refractivity contribution in [3.8, 4) is 5.75 Å². The molecule has 0 N–H and O–H groups in total. The molecule has 1 aliphatic rings.